The van der Waals surface area contributed by atoms with Crippen LogP contribution in [0.15, 0.2) is 40.2 Å². The smallest absolute Gasteiger partial charge is 0.225 e. The summed E-state index contributed by atoms with van der Waals surface area (Å²) < 4.78 is 1.07. The third-order valence-electron chi connectivity index (χ3n) is 3.02. The van der Waals surface area contributed by atoms with Gasteiger partial charge in [-0.05, 0) is 47.7 Å². The number of thiophene rings is 1. The number of hydrogen-bond acceptors (Lipinski definition) is 4. The van der Waals surface area contributed by atoms with E-state index in [0.717, 1.165) is 20.5 Å². The Morgan fingerprint density at radius 2 is 1.95 bits per heavy atom. The van der Waals surface area contributed by atoms with Gasteiger partial charge in [-0.15, -0.1) is 11.3 Å². The highest BCUT2D eigenvalue weighted by Crippen LogP contribution is 2.29. The molecule has 0 fully saturated rings. The zero-order valence-corrected chi connectivity index (χ0v) is 13.8. The second-order valence-electron chi connectivity index (χ2n) is 4.40. The summed E-state index contributed by atoms with van der Waals surface area (Å²) in [5.74, 6) is 0.775. The van der Waals surface area contributed by atoms with E-state index in [4.69, 9.17) is 11.6 Å². The molecule has 3 rings (SSSR count). The Balaban J connectivity index is 1.92. The predicted molar refractivity (Wildman–Crippen MR) is 88.6 cm³/mol. The number of benzene rings is 1. The minimum atomic E-state index is 0.136. The van der Waals surface area contributed by atoms with E-state index in [1.165, 1.54) is 5.56 Å². The Morgan fingerprint density at radius 3 is 2.70 bits per heavy atom. The average molecular weight is 369 g/mol. The lowest BCUT2D eigenvalue weighted by Gasteiger charge is -2.15. The first kappa shape index (κ1) is 13.8. The molecule has 1 N–H and O–H groups in total. The Bertz CT molecular complexity index is 742. The Labute approximate surface area is 134 Å². The molecule has 0 aliphatic heterocycles. The predicted octanol–water partition coefficient (Wildman–Crippen LogP) is 5.28. The number of hydrogen-bond donors (Lipinski definition) is 1. The summed E-state index contributed by atoms with van der Waals surface area (Å²) in [5.41, 5.74) is 1.19. The SMILES string of the molecule is CC(Nc1nc(Cl)nc2sccc12)c1ccc(Br)cc1. The molecule has 102 valence electrons. The van der Waals surface area contributed by atoms with Crippen LogP contribution < -0.4 is 5.32 Å². The van der Waals surface area contributed by atoms with Gasteiger partial charge in [0.15, 0.2) is 0 Å². The fourth-order valence-electron chi connectivity index (χ4n) is 1.98. The molecule has 0 bridgehead atoms. The largest absolute Gasteiger partial charge is 0.363 e. The van der Waals surface area contributed by atoms with Gasteiger partial charge in [-0.1, -0.05) is 28.1 Å². The van der Waals surface area contributed by atoms with Crippen molar-refractivity contribution < 1.29 is 0 Å². The summed E-state index contributed by atoms with van der Waals surface area (Å²) in [7, 11) is 0. The van der Waals surface area contributed by atoms with E-state index < -0.39 is 0 Å². The molecule has 2 heterocycles. The molecule has 0 saturated carbocycles. The topological polar surface area (TPSA) is 37.8 Å². The molecule has 1 atom stereocenters. The van der Waals surface area contributed by atoms with Crippen LogP contribution in [-0.2, 0) is 0 Å². The van der Waals surface area contributed by atoms with E-state index in [9.17, 15) is 0 Å². The summed E-state index contributed by atoms with van der Waals surface area (Å²) in [6, 6.07) is 10.4. The van der Waals surface area contributed by atoms with Crippen molar-refractivity contribution >= 4 is 54.9 Å². The van der Waals surface area contributed by atoms with Crippen molar-refractivity contribution in [2.45, 2.75) is 13.0 Å². The minimum absolute atomic E-state index is 0.136. The molecule has 0 amide bonds. The molecule has 20 heavy (non-hydrogen) atoms. The molecule has 1 unspecified atom stereocenters. The highest BCUT2D eigenvalue weighted by atomic mass is 79.9. The second kappa shape index (κ2) is 5.68. The molecule has 0 aliphatic rings. The van der Waals surface area contributed by atoms with Gasteiger partial charge < -0.3 is 5.32 Å². The lowest BCUT2D eigenvalue weighted by Crippen LogP contribution is -2.08. The van der Waals surface area contributed by atoms with Crippen LogP contribution in [0.1, 0.15) is 18.5 Å². The Morgan fingerprint density at radius 1 is 1.20 bits per heavy atom. The van der Waals surface area contributed by atoms with Crippen LogP contribution in [-0.4, -0.2) is 9.97 Å². The first-order valence-electron chi connectivity index (χ1n) is 6.06. The number of halogens is 2. The maximum Gasteiger partial charge on any atom is 0.225 e. The minimum Gasteiger partial charge on any atom is -0.363 e. The molecule has 6 heteroatoms. The normalized spacial score (nSPS) is 12.6. The molecule has 0 aliphatic carbocycles. The quantitative estimate of drug-likeness (QED) is 0.639. The van der Waals surface area contributed by atoms with E-state index in [2.05, 4.69) is 50.3 Å². The molecular formula is C14H11BrClN3S. The maximum absolute atomic E-state index is 5.97. The van der Waals surface area contributed by atoms with Crippen LogP contribution in [0.5, 0.6) is 0 Å². The second-order valence-corrected chi connectivity index (χ2v) is 6.55. The Hall–Kier alpha value is -1.17. The van der Waals surface area contributed by atoms with Gasteiger partial charge >= 0.3 is 0 Å². The molecule has 3 aromatic rings. The van der Waals surface area contributed by atoms with Crippen molar-refractivity contribution in [1.82, 2.24) is 9.97 Å². The molecule has 2 aromatic heterocycles. The Kier molecular flexibility index (Phi) is 3.92. The lowest BCUT2D eigenvalue weighted by atomic mass is 10.1. The standard InChI is InChI=1S/C14H11BrClN3S/c1-8(9-2-4-10(15)5-3-9)17-12-11-6-7-20-13(11)19-14(16)18-12/h2-8H,1H3,(H,17,18,19). The van der Waals surface area contributed by atoms with Crippen LogP contribution in [0.2, 0.25) is 5.28 Å². The summed E-state index contributed by atoms with van der Waals surface area (Å²) in [6.45, 7) is 2.09. The summed E-state index contributed by atoms with van der Waals surface area (Å²) in [5, 5.41) is 6.67. The molecule has 1 aromatic carbocycles. The van der Waals surface area contributed by atoms with Crippen LogP contribution in [0.3, 0.4) is 0 Å². The van der Waals surface area contributed by atoms with E-state index in [-0.39, 0.29) is 11.3 Å². The van der Waals surface area contributed by atoms with Gasteiger partial charge in [0, 0.05) is 10.5 Å². The molecule has 0 spiro atoms. The molecule has 0 radical (unpaired) electrons. The number of nitrogens with zero attached hydrogens (tertiary/aromatic N) is 2. The van der Waals surface area contributed by atoms with E-state index in [1.54, 1.807) is 11.3 Å². The molecular weight excluding hydrogens is 358 g/mol. The fraction of sp³-hybridized carbons (Fsp3) is 0.143. The van der Waals surface area contributed by atoms with Crippen LogP contribution in [0.4, 0.5) is 5.82 Å². The number of rotatable bonds is 3. The van der Waals surface area contributed by atoms with Crippen molar-refractivity contribution in [2.75, 3.05) is 5.32 Å². The highest BCUT2D eigenvalue weighted by molar-refractivity contribution is 9.10. The number of aromatic nitrogens is 2. The van der Waals surface area contributed by atoms with Crippen molar-refractivity contribution in [2.24, 2.45) is 0 Å². The van der Waals surface area contributed by atoms with Gasteiger partial charge in [-0.25, -0.2) is 9.97 Å². The number of anilines is 1. The van der Waals surface area contributed by atoms with Gasteiger partial charge in [-0.2, -0.15) is 0 Å². The summed E-state index contributed by atoms with van der Waals surface area (Å²) >= 11 is 11.0. The van der Waals surface area contributed by atoms with Gasteiger partial charge in [0.25, 0.3) is 0 Å². The monoisotopic (exact) mass is 367 g/mol. The zero-order valence-electron chi connectivity index (χ0n) is 10.6. The summed E-state index contributed by atoms with van der Waals surface area (Å²) in [6.07, 6.45) is 0. The fourth-order valence-corrected chi connectivity index (χ4v) is 3.23. The van der Waals surface area contributed by atoms with Gasteiger partial charge in [-0.3, -0.25) is 0 Å². The van der Waals surface area contributed by atoms with Crippen molar-refractivity contribution in [3.63, 3.8) is 0 Å². The molecule has 0 saturated heterocycles. The first-order chi connectivity index (χ1) is 9.63. The van der Waals surface area contributed by atoms with Crippen molar-refractivity contribution in [1.29, 1.82) is 0 Å². The third kappa shape index (κ3) is 2.80. The van der Waals surface area contributed by atoms with Crippen LogP contribution in [0.25, 0.3) is 10.2 Å². The van der Waals surface area contributed by atoms with Gasteiger partial charge in [0.2, 0.25) is 5.28 Å². The lowest BCUT2D eigenvalue weighted by molar-refractivity contribution is 0.876. The van der Waals surface area contributed by atoms with Crippen molar-refractivity contribution in [3.8, 4) is 0 Å². The average Bonchev–Trinajstić information content (AvgIpc) is 2.87. The zero-order chi connectivity index (χ0) is 14.1. The first-order valence-corrected chi connectivity index (χ1v) is 8.11. The van der Waals surface area contributed by atoms with Crippen LogP contribution >= 0.6 is 38.9 Å². The summed E-state index contributed by atoms with van der Waals surface area (Å²) in [4.78, 5) is 9.41. The maximum atomic E-state index is 5.97. The highest BCUT2D eigenvalue weighted by Gasteiger charge is 2.11. The van der Waals surface area contributed by atoms with Crippen LogP contribution in [0, 0.1) is 0 Å². The molecule has 3 nitrogen and oxygen atoms in total. The van der Waals surface area contributed by atoms with Gasteiger partial charge in [0.05, 0.1) is 5.39 Å². The van der Waals surface area contributed by atoms with E-state index in [0.29, 0.717) is 0 Å². The number of nitrogens with one attached hydrogen (secondary N) is 1. The third-order valence-corrected chi connectivity index (χ3v) is 4.53. The van der Waals surface area contributed by atoms with E-state index >= 15 is 0 Å². The van der Waals surface area contributed by atoms with E-state index in [1.807, 2.05) is 23.6 Å². The number of fused-ring (bicyclic) bond motifs is 1. The van der Waals surface area contributed by atoms with Crippen molar-refractivity contribution in [3.05, 3.63) is 51.0 Å². The van der Waals surface area contributed by atoms with Gasteiger partial charge in [0.1, 0.15) is 10.6 Å².